The largest absolute Gasteiger partial charge is 0.618 e. The first-order valence-corrected chi connectivity index (χ1v) is 10.8. The van der Waals surface area contributed by atoms with Gasteiger partial charge in [0, 0.05) is 58.4 Å². The Morgan fingerprint density at radius 2 is 1.44 bits per heavy atom. The van der Waals surface area contributed by atoms with Crippen LogP contribution in [0.4, 0.5) is 0 Å². The number of benzene rings is 1. The van der Waals surface area contributed by atoms with Crippen molar-refractivity contribution in [2.24, 2.45) is 0 Å². The molecule has 0 radical (unpaired) electrons. The molecule has 1 aliphatic heterocycles. The van der Waals surface area contributed by atoms with Gasteiger partial charge in [0.05, 0.1) is 25.0 Å². The number of carboxylic acids is 2. The molecule has 10 nitrogen and oxygen atoms in total. The summed E-state index contributed by atoms with van der Waals surface area (Å²) in [6.45, 7) is 4.89. The predicted octanol–water partition coefficient (Wildman–Crippen LogP) is -0.348. The zero-order valence-corrected chi connectivity index (χ0v) is 18.2. The Morgan fingerprint density at radius 3 is 2.09 bits per heavy atom. The van der Waals surface area contributed by atoms with Gasteiger partial charge in [-0.1, -0.05) is 18.2 Å². The highest BCUT2D eigenvalue weighted by molar-refractivity contribution is 5.83. The van der Waals surface area contributed by atoms with Crippen LogP contribution in [-0.4, -0.2) is 102 Å². The number of carbonyl (C=O) groups is 2. The number of nitrogens with one attached hydrogen (secondary N) is 1. The molecule has 3 rings (SSSR count). The fraction of sp³-hybridized carbons (Fsp3) is 0.500. The number of nitrogens with zero attached hydrogens (tertiary/aromatic N) is 4. The lowest BCUT2D eigenvalue weighted by atomic mass is 10.1. The van der Waals surface area contributed by atoms with Crippen molar-refractivity contribution in [3.05, 3.63) is 47.4 Å². The zero-order chi connectivity index (χ0) is 22.9. The lowest BCUT2D eigenvalue weighted by molar-refractivity contribution is -0.613. The fourth-order valence-corrected chi connectivity index (χ4v) is 3.99. The molecule has 0 amide bonds. The van der Waals surface area contributed by atoms with Crippen molar-refractivity contribution in [1.29, 1.82) is 0 Å². The number of hydrogen-bond donors (Lipinski definition) is 3. The summed E-state index contributed by atoms with van der Waals surface area (Å²) in [7, 11) is 0. The minimum absolute atomic E-state index is 0.0701. The SMILES string of the molecule is O=C(O)CN1CCNCCN(Cc2c3ccccc3cc[n+]2[O-])CCN(CC(=O)O)CC1. The van der Waals surface area contributed by atoms with Crippen LogP contribution in [0.25, 0.3) is 10.8 Å². The topological polar surface area (TPSA) is 123 Å². The van der Waals surface area contributed by atoms with E-state index in [0.717, 1.165) is 15.5 Å². The van der Waals surface area contributed by atoms with Gasteiger partial charge in [-0.05, 0) is 11.5 Å². The Kier molecular flexibility index (Phi) is 8.74. The van der Waals surface area contributed by atoms with Crippen LogP contribution in [0.1, 0.15) is 5.69 Å². The Labute approximate surface area is 187 Å². The molecule has 1 aromatic heterocycles. The van der Waals surface area contributed by atoms with Gasteiger partial charge in [-0.15, -0.1) is 0 Å². The van der Waals surface area contributed by atoms with Gasteiger partial charge in [-0.3, -0.25) is 24.3 Å². The molecule has 32 heavy (non-hydrogen) atoms. The number of carboxylic acid groups (broad SMARTS) is 2. The van der Waals surface area contributed by atoms with E-state index in [1.54, 1.807) is 6.07 Å². The number of pyridine rings is 1. The molecule has 10 heteroatoms. The molecule has 2 aromatic rings. The first-order valence-electron chi connectivity index (χ1n) is 10.8. The van der Waals surface area contributed by atoms with Gasteiger partial charge in [0.1, 0.15) is 0 Å². The van der Waals surface area contributed by atoms with Crippen molar-refractivity contribution in [2.75, 3.05) is 65.4 Å². The third kappa shape index (κ3) is 7.13. The standard InChI is InChI=1S/C22H31N5O5/c28-21(29)16-25-10-7-23-6-9-24(11-13-26(14-12-25)17-22(30)31)15-20-19-4-2-1-3-18(19)5-8-27(20)32/h1-5,8,23H,6-7,9-17H2,(H,28,29)(H,30,31). The van der Waals surface area contributed by atoms with Crippen LogP contribution in [0.2, 0.25) is 0 Å². The van der Waals surface area contributed by atoms with E-state index < -0.39 is 11.9 Å². The smallest absolute Gasteiger partial charge is 0.317 e. The third-order valence-electron chi connectivity index (χ3n) is 5.69. The number of rotatable bonds is 6. The maximum absolute atomic E-state index is 12.6. The van der Waals surface area contributed by atoms with Gasteiger partial charge in [0.15, 0.2) is 6.20 Å². The number of aromatic nitrogens is 1. The summed E-state index contributed by atoms with van der Waals surface area (Å²) in [5.74, 6) is -1.81. The van der Waals surface area contributed by atoms with Gasteiger partial charge < -0.3 is 20.7 Å². The second kappa shape index (κ2) is 11.7. The summed E-state index contributed by atoms with van der Waals surface area (Å²) in [4.78, 5) is 28.3. The summed E-state index contributed by atoms with van der Waals surface area (Å²) in [6.07, 6.45) is 1.53. The molecule has 0 spiro atoms. The average molecular weight is 446 g/mol. The molecule has 0 aliphatic carbocycles. The number of fused-ring (bicyclic) bond motifs is 1. The van der Waals surface area contributed by atoms with E-state index in [9.17, 15) is 19.9 Å². The van der Waals surface area contributed by atoms with Crippen molar-refractivity contribution >= 4 is 22.7 Å². The molecule has 0 saturated carbocycles. The summed E-state index contributed by atoms with van der Waals surface area (Å²) >= 11 is 0. The van der Waals surface area contributed by atoms with Gasteiger partial charge in [-0.2, -0.15) is 4.73 Å². The predicted molar refractivity (Wildman–Crippen MR) is 119 cm³/mol. The van der Waals surface area contributed by atoms with Crippen LogP contribution in [0.3, 0.4) is 0 Å². The summed E-state index contributed by atoms with van der Waals surface area (Å²) < 4.78 is 0.907. The summed E-state index contributed by atoms with van der Waals surface area (Å²) in [5.41, 5.74) is 0.674. The highest BCUT2D eigenvalue weighted by atomic mass is 16.5. The van der Waals surface area contributed by atoms with Crippen molar-refractivity contribution < 1.29 is 24.5 Å². The van der Waals surface area contributed by atoms with E-state index in [1.807, 2.05) is 34.1 Å². The van der Waals surface area contributed by atoms with E-state index in [2.05, 4.69) is 10.2 Å². The Bertz CT molecular complexity index is 925. The molecule has 0 atom stereocenters. The third-order valence-corrected chi connectivity index (χ3v) is 5.69. The molecule has 1 aromatic carbocycles. The molecule has 0 bridgehead atoms. The molecule has 1 saturated heterocycles. The first kappa shape index (κ1) is 23.9. The second-order valence-corrected chi connectivity index (χ2v) is 8.04. The molecular weight excluding hydrogens is 414 g/mol. The molecule has 0 unspecified atom stereocenters. The van der Waals surface area contributed by atoms with Gasteiger partial charge in [0.25, 0.3) is 0 Å². The van der Waals surface area contributed by atoms with Crippen molar-refractivity contribution in [3.63, 3.8) is 0 Å². The van der Waals surface area contributed by atoms with Crippen LogP contribution >= 0.6 is 0 Å². The lowest BCUT2D eigenvalue weighted by Gasteiger charge is -2.30. The van der Waals surface area contributed by atoms with Crippen molar-refractivity contribution in [2.45, 2.75) is 6.54 Å². The highest BCUT2D eigenvalue weighted by Crippen LogP contribution is 2.16. The Morgan fingerprint density at radius 1 is 0.875 bits per heavy atom. The van der Waals surface area contributed by atoms with Gasteiger partial charge in [-0.25, -0.2) is 0 Å². The fourth-order valence-electron chi connectivity index (χ4n) is 3.99. The summed E-state index contributed by atoms with van der Waals surface area (Å²) in [5, 5.41) is 36.3. The minimum atomic E-state index is -0.915. The van der Waals surface area contributed by atoms with Crippen LogP contribution < -0.4 is 10.0 Å². The minimum Gasteiger partial charge on any atom is -0.618 e. The molecular formula is C22H31N5O5. The monoisotopic (exact) mass is 445 g/mol. The molecule has 1 fully saturated rings. The highest BCUT2D eigenvalue weighted by Gasteiger charge is 2.20. The van der Waals surface area contributed by atoms with Crippen molar-refractivity contribution in [1.82, 2.24) is 20.0 Å². The normalized spacial score (nSPS) is 18.1. The molecule has 3 N–H and O–H groups in total. The molecule has 1 aliphatic rings. The van der Waals surface area contributed by atoms with Crippen LogP contribution in [0, 0.1) is 5.21 Å². The van der Waals surface area contributed by atoms with Gasteiger partial charge in [0.2, 0.25) is 5.69 Å². The molecule has 174 valence electrons. The van der Waals surface area contributed by atoms with E-state index in [-0.39, 0.29) is 13.1 Å². The van der Waals surface area contributed by atoms with Crippen LogP contribution in [-0.2, 0) is 16.1 Å². The van der Waals surface area contributed by atoms with Crippen LogP contribution in [0.15, 0.2) is 36.5 Å². The second-order valence-electron chi connectivity index (χ2n) is 8.04. The number of hydrogen-bond acceptors (Lipinski definition) is 7. The van der Waals surface area contributed by atoms with Crippen molar-refractivity contribution in [3.8, 4) is 0 Å². The maximum atomic E-state index is 12.6. The van der Waals surface area contributed by atoms with E-state index in [1.165, 1.54) is 6.20 Å². The van der Waals surface area contributed by atoms with E-state index >= 15 is 0 Å². The van der Waals surface area contributed by atoms with Crippen LogP contribution in [0.5, 0.6) is 0 Å². The van der Waals surface area contributed by atoms with E-state index in [4.69, 9.17) is 5.11 Å². The van der Waals surface area contributed by atoms with Gasteiger partial charge >= 0.3 is 11.9 Å². The van der Waals surface area contributed by atoms with E-state index in [0.29, 0.717) is 64.6 Å². The first-order chi connectivity index (χ1) is 15.4. The Hall–Kier alpha value is -2.79. The zero-order valence-electron chi connectivity index (χ0n) is 18.2. The average Bonchev–Trinajstić information content (AvgIpc) is 2.74. The molecule has 2 heterocycles. The quantitative estimate of drug-likeness (QED) is 0.404. The maximum Gasteiger partial charge on any atom is 0.317 e. The summed E-state index contributed by atoms with van der Waals surface area (Å²) in [6, 6.07) is 9.59. The number of aliphatic carboxylic acids is 2. The lowest BCUT2D eigenvalue weighted by Crippen LogP contribution is -2.47. The Balaban J connectivity index is 1.74.